The molecule has 7 heteroatoms. The minimum atomic E-state index is -4.58. The van der Waals surface area contributed by atoms with Gasteiger partial charge in [0.05, 0.1) is 17.9 Å². The number of carbonyl (C=O) groups is 1. The lowest BCUT2D eigenvalue weighted by Crippen LogP contribution is -2.30. The molecule has 0 fully saturated rings. The highest BCUT2D eigenvalue weighted by Gasteiger charge is 2.34. The summed E-state index contributed by atoms with van der Waals surface area (Å²) < 4.78 is 44.6. The van der Waals surface area contributed by atoms with E-state index in [0.717, 1.165) is 31.7 Å². The lowest BCUT2D eigenvalue weighted by atomic mass is 9.97. The molecule has 1 aliphatic carbocycles. The smallest absolute Gasteiger partial charge is 0.418 e. The summed E-state index contributed by atoms with van der Waals surface area (Å²) in [7, 11) is 0. The van der Waals surface area contributed by atoms with Gasteiger partial charge < -0.3 is 15.4 Å². The van der Waals surface area contributed by atoms with Crippen molar-refractivity contribution >= 4 is 11.7 Å². The fraction of sp³-hybridized carbons (Fsp3) is 0.500. The van der Waals surface area contributed by atoms with Crippen LogP contribution in [0.3, 0.4) is 0 Å². The Hall–Kier alpha value is -2.18. The minimum Gasteiger partial charge on any atom is -0.494 e. The highest BCUT2D eigenvalue weighted by molar-refractivity contribution is 5.90. The van der Waals surface area contributed by atoms with E-state index >= 15 is 0 Å². The van der Waals surface area contributed by atoms with Crippen LogP contribution in [0.5, 0.6) is 5.75 Å². The molecule has 2 rings (SSSR count). The van der Waals surface area contributed by atoms with Crippen LogP contribution in [0.25, 0.3) is 0 Å². The molecule has 0 atom stereocenters. The Balaban J connectivity index is 1.95. The number of rotatable bonds is 6. The number of amides is 2. The first-order chi connectivity index (χ1) is 11.9. The van der Waals surface area contributed by atoms with Crippen LogP contribution in [0.2, 0.25) is 0 Å². The summed E-state index contributed by atoms with van der Waals surface area (Å²) in [5, 5.41) is 4.89. The third-order valence-electron chi connectivity index (χ3n) is 3.97. The van der Waals surface area contributed by atoms with E-state index in [-0.39, 0.29) is 18.0 Å². The number of benzene rings is 1. The molecule has 138 valence electrons. The minimum absolute atomic E-state index is 0.116. The fourth-order valence-electron chi connectivity index (χ4n) is 2.76. The average molecular weight is 356 g/mol. The molecule has 1 aromatic carbocycles. The third kappa shape index (κ3) is 5.99. The van der Waals surface area contributed by atoms with E-state index in [2.05, 4.69) is 16.7 Å². The monoisotopic (exact) mass is 356 g/mol. The van der Waals surface area contributed by atoms with E-state index in [4.69, 9.17) is 4.74 Å². The largest absolute Gasteiger partial charge is 0.494 e. The molecular formula is C18H23F3N2O2. The van der Waals surface area contributed by atoms with Gasteiger partial charge in [0.15, 0.2) is 0 Å². The van der Waals surface area contributed by atoms with E-state index in [0.29, 0.717) is 6.54 Å². The van der Waals surface area contributed by atoms with Gasteiger partial charge in [0.2, 0.25) is 0 Å². The molecule has 0 spiro atoms. The van der Waals surface area contributed by atoms with Gasteiger partial charge in [-0.2, -0.15) is 13.2 Å². The van der Waals surface area contributed by atoms with E-state index < -0.39 is 17.8 Å². The second-order valence-corrected chi connectivity index (χ2v) is 5.88. The maximum Gasteiger partial charge on any atom is 0.418 e. The molecule has 25 heavy (non-hydrogen) atoms. The van der Waals surface area contributed by atoms with Gasteiger partial charge in [0, 0.05) is 6.54 Å². The lowest BCUT2D eigenvalue weighted by Gasteiger charge is -2.16. The standard InChI is InChI=1S/C18H23F3N2O2/c1-2-25-14-8-9-16(15(12-14)18(19,20)21)23-17(24)22-11-10-13-6-4-3-5-7-13/h6,8-9,12H,2-5,7,10-11H2,1H3,(H2,22,23,24). The van der Waals surface area contributed by atoms with Gasteiger partial charge in [0.1, 0.15) is 5.75 Å². The number of nitrogens with one attached hydrogen (secondary N) is 2. The molecule has 0 unspecified atom stereocenters. The summed E-state index contributed by atoms with van der Waals surface area (Å²) in [5.41, 5.74) is 0.0810. The highest BCUT2D eigenvalue weighted by atomic mass is 19.4. The van der Waals surface area contributed by atoms with Crippen LogP contribution < -0.4 is 15.4 Å². The normalized spacial score (nSPS) is 14.6. The number of hydrogen-bond donors (Lipinski definition) is 2. The predicted molar refractivity (Wildman–Crippen MR) is 90.8 cm³/mol. The third-order valence-corrected chi connectivity index (χ3v) is 3.97. The number of ether oxygens (including phenoxy) is 1. The molecule has 1 aliphatic rings. The van der Waals surface area contributed by atoms with E-state index in [9.17, 15) is 18.0 Å². The van der Waals surface area contributed by atoms with Gasteiger partial charge in [-0.25, -0.2) is 4.79 Å². The molecule has 0 heterocycles. The molecule has 0 radical (unpaired) electrons. The van der Waals surface area contributed by atoms with Crippen molar-refractivity contribution in [2.45, 2.75) is 45.2 Å². The Kier molecular flexibility index (Phi) is 6.73. The van der Waals surface area contributed by atoms with Crippen molar-refractivity contribution in [3.05, 3.63) is 35.4 Å². The molecule has 0 aromatic heterocycles. The number of alkyl halides is 3. The van der Waals surface area contributed by atoms with Crippen molar-refractivity contribution in [3.8, 4) is 5.75 Å². The van der Waals surface area contributed by atoms with Gasteiger partial charge in [-0.3, -0.25) is 0 Å². The van der Waals surface area contributed by atoms with Gasteiger partial charge >= 0.3 is 12.2 Å². The summed E-state index contributed by atoms with van der Waals surface area (Å²) in [6.45, 7) is 2.35. The van der Waals surface area contributed by atoms with Crippen LogP contribution in [0.4, 0.5) is 23.7 Å². The van der Waals surface area contributed by atoms with Crippen molar-refractivity contribution in [1.29, 1.82) is 0 Å². The van der Waals surface area contributed by atoms with E-state index in [1.54, 1.807) is 6.92 Å². The first kappa shape index (κ1) is 19.1. The number of anilines is 1. The van der Waals surface area contributed by atoms with E-state index in [1.165, 1.54) is 24.1 Å². The number of carbonyl (C=O) groups excluding carboxylic acids is 1. The zero-order chi connectivity index (χ0) is 18.3. The molecule has 2 N–H and O–H groups in total. The Bertz CT molecular complexity index is 627. The van der Waals surface area contributed by atoms with Crippen molar-refractivity contribution < 1.29 is 22.7 Å². The summed E-state index contributed by atoms with van der Waals surface area (Å²) in [4.78, 5) is 11.9. The molecule has 1 aromatic rings. The Morgan fingerprint density at radius 2 is 2.08 bits per heavy atom. The summed E-state index contributed by atoms with van der Waals surface area (Å²) in [5.74, 6) is 0.116. The number of allylic oxidation sites excluding steroid dienone is 1. The maximum atomic E-state index is 13.2. The van der Waals surface area contributed by atoms with Crippen molar-refractivity contribution in [3.63, 3.8) is 0 Å². The maximum absolute atomic E-state index is 13.2. The molecule has 0 saturated heterocycles. The van der Waals surface area contributed by atoms with Gasteiger partial charge in [-0.05, 0) is 57.2 Å². The van der Waals surface area contributed by atoms with Gasteiger partial charge in [-0.1, -0.05) is 11.6 Å². The van der Waals surface area contributed by atoms with Crippen molar-refractivity contribution in [2.24, 2.45) is 0 Å². The number of urea groups is 1. The van der Waals surface area contributed by atoms with Crippen LogP contribution in [0.1, 0.15) is 44.6 Å². The van der Waals surface area contributed by atoms with Gasteiger partial charge in [-0.15, -0.1) is 0 Å². The quantitative estimate of drug-likeness (QED) is 0.696. The van der Waals surface area contributed by atoms with Crippen LogP contribution in [-0.2, 0) is 6.18 Å². The summed E-state index contributed by atoms with van der Waals surface area (Å²) in [6, 6.07) is 2.86. The molecule has 4 nitrogen and oxygen atoms in total. The van der Waals surface area contributed by atoms with Crippen molar-refractivity contribution in [1.82, 2.24) is 5.32 Å². The number of hydrogen-bond acceptors (Lipinski definition) is 2. The van der Waals surface area contributed by atoms with Crippen LogP contribution >= 0.6 is 0 Å². The number of halogens is 3. The summed E-state index contributed by atoms with van der Waals surface area (Å²) in [6.07, 6.45) is 2.75. The SMILES string of the molecule is CCOc1ccc(NC(=O)NCCC2=CCCCC2)c(C(F)(F)F)c1. The fourth-order valence-corrected chi connectivity index (χ4v) is 2.76. The lowest BCUT2D eigenvalue weighted by molar-refractivity contribution is -0.137. The van der Waals surface area contributed by atoms with Crippen LogP contribution in [0.15, 0.2) is 29.8 Å². The average Bonchev–Trinajstić information content (AvgIpc) is 2.56. The zero-order valence-electron chi connectivity index (χ0n) is 14.2. The molecular weight excluding hydrogens is 333 g/mol. The second-order valence-electron chi connectivity index (χ2n) is 5.88. The Morgan fingerprint density at radius 1 is 1.28 bits per heavy atom. The van der Waals surface area contributed by atoms with E-state index in [1.807, 2.05) is 0 Å². The predicted octanol–water partition coefficient (Wildman–Crippen LogP) is 5.12. The second kappa shape index (κ2) is 8.78. The van der Waals surface area contributed by atoms with Gasteiger partial charge in [0.25, 0.3) is 0 Å². The summed E-state index contributed by atoms with van der Waals surface area (Å²) >= 11 is 0. The van der Waals surface area contributed by atoms with Crippen molar-refractivity contribution in [2.75, 3.05) is 18.5 Å². The first-order valence-corrected chi connectivity index (χ1v) is 8.47. The molecule has 2 amide bonds. The Morgan fingerprint density at radius 3 is 2.72 bits per heavy atom. The first-order valence-electron chi connectivity index (χ1n) is 8.47. The molecule has 0 bridgehead atoms. The van der Waals surface area contributed by atoms with Crippen LogP contribution in [-0.4, -0.2) is 19.2 Å². The Labute approximate surface area is 145 Å². The van der Waals surface area contributed by atoms with Crippen LogP contribution in [0, 0.1) is 0 Å². The molecule has 0 saturated carbocycles. The molecule has 0 aliphatic heterocycles. The zero-order valence-corrected chi connectivity index (χ0v) is 14.2. The highest BCUT2D eigenvalue weighted by Crippen LogP contribution is 2.37. The topological polar surface area (TPSA) is 50.4 Å².